The SMILES string of the molecule is CCc1ccccc1NC(=S)N(CCCO)Cc1cc2cc(OC)ccc2[nH]c1=O. The molecule has 30 heavy (non-hydrogen) atoms. The molecule has 0 saturated heterocycles. The number of aromatic nitrogens is 1. The summed E-state index contributed by atoms with van der Waals surface area (Å²) >= 11 is 5.66. The van der Waals surface area contributed by atoms with Crippen molar-refractivity contribution in [1.29, 1.82) is 0 Å². The largest absolute Gasteiger partial charge is 0.497 e. The van der Waals surface area contributed by atoms with Crippen molar-refractivity contribution in [3.8, 4) is 5.75 Å². The molecule has 0 aliphatic rings. The van der Waals surface area contributed by atoms with Crippen molar-refractivity contribution in [1.82, 2.24) is 9.88 Å². The van der Waals surface area contributed by atoms with Crippen LogP contribution in [-0.4, -0.2) is 40.4 Å². The van der Waals surface area contributed by atoms with Crippen molar-refractivity contribution >= 4 is 33.9 Å². The number of ether oxygens (including phenoxy) is 1. The third-order valence-corrected chi connectivity index (χ3v) is 5.36. The summed E-state index contributed by atoms with van der Waals surface area (Å²) in [6.07, 6.45) is 1.44. The first kappa shape index (κ1) is 21.8. The summed E-state index contributed by atoms with van der Waals surface area (Å²) in [4.78, 5) is 17.5. The van der Waals surface area contributed by atoms with E-state index in [-0.39, 0.29) is 12.2 Å². The summed E-state index contributed by atoms with van der Waals surface area (Å²) in [5, 5.41) is 14.0. The lowest BCUT2D eigenvalue weighted by atomic mass is 10.1. The third kappa shape index (κ3) is 5.17. The van der Waals surface area contributed by atoms with Crippen LogP contribution in [0.1, 0.15) is 24.5 Å². The number of aromatic amines is 1. The molecule has 3 rings (SSSR count). The fourth-order valence-corrected chi connectivity index (χ4v) is 3.60. The van der Waals surface area contributed by atoms with E-state index in [1.807, 2.05) is 47.4 Å². The number of aryl methyl sites for hydroxylation is 1. The van der Waals surface area contributed by atoms with Gasteiger partial charge in [-0.3, -0.25) is 4.79 Å². The Balaban J connectivity index is 1.87. The van der Waals surface area contributed by atoms with Crippen LogP contribution in [0.15, 0.2) is 53.3 Å². The standard InChI is InChI=1S/C23H27N3O3S/c1-3-16-7-4-5-8-20(16)25-23(30)26(11-6-12-27)15-18-13-17-14-19(29-2)9-10-21(17)24-22(18)28/h4-5,7-10,13-14,27H,3,6,11-12,15H2,1-2H3,(H,24,28)(H,25,30). The van der Waals surface area contributed by atoms with Crippen LogP contribution in [-0.2, 0) is 13.0 Å². The topological polar surface area (TPSA) is 77.6 Å². The van der Waals surface area contributed by atoms with Crippen LogP contribution in [0.25, 0.3) is 10.9 Å². The van der Waals surface area contributed by atoms with E-state index in [2.05, 4.69) is 23.3 Å². The average molecular weight is 426 g/mol. The second-order valence-corrected chi connectivity index (χ2v) is 7.40. The Hall–Kier alpha value is -2.90. The second kappa shape index (κ2) is 10.2. The van der Waals surface area contributed by atoms with Gasteiger partial charge in [0.05, 0.1) is 13.7 Å². The third-order valence-electron chi connectivity index (χ3n) is 5.00. The van der Waals surface area contributed by atoms with Gasteiger partial charge in [-0.1, -0.05) is 25.1 Å². The summed E-state index contributed by atoms with van der Waals surface area (Å²) in [7, 11) is 1.61. The number of anilines is 1. The van der Waals surface area contributed by atoms with Crippen molar-refractivity contribution < 1.29 is 9.84 Å². The number of aliphatic hydroxyl groups excluding tert-OH is 1. The number of methoxy groups -OCH3 is 1. The molecule has 0 spiro atoms. The molecule has 0 fully saturated rings. The van der Waals surface area contributed by atoms with Crippen LogP contribution < -0.4 is 15.6 Å². The van der Waals surface area contributed by atoms with E-state index in [9.17, 15) is 9.90 Å². The van der Waals surface area contributed by atoms with E-state index in [1.54, 1.807) is 7.11 Å². The molecule has 0 aliphatic carbocycles. The summed E-state index contributed by atoms with van der Waals surface area (Å²) in [5.41, 5.74) is 3.32. The Morgan fingerprint density at radius 1 is 1.20 bits per heavy atom. The van der Waals surface area contributed by atoms with Crippen LogP contribution in [0.5, 0.6) is 5.75 Å². The quantitative estimate of drug-likeness (QED) is 0.478. The molecule has 1 aromatic heterocycles. The Bertz CT molecular complexity index is 1080. The number of para-hydroxylation sites is 1. The van der Waals surface area contributed by atoms with E-state index < -0.39 is 0 Å². The van der Waals surface area contributed by atoms with Gasteiger partial charge in [0, 0.05) is 35.3 Å². The van der Waals surface area contributed by atoms with Crippen LogP contribution >= 0.6 is 12.2 Å². The highest BCUT2D eigenvalue weighted by molar-refractivity contribution is 7.80. The van der Waals surface area contributed by atoms with Gasteiger partial charge in [-0.05, 0) is 61.0 Å². The van der Waals surface area contributed by atoms with E-state index in [1.165, 1.54) is 0 Å². The zero-order valence-corrected chi connectivity index (χ0v) is 18.1. The number of nitrogens with zero attached hydrogens (tertiary/aromatic N) is 1. The maximum atomic E-state index is 12.7. The fourth-order valence-electron chi connectivity index (χ4n) is 3.34. The molecular formula is C23H27N3O3S. The number of pyridine rings is 1. The lowest BCUT2D eigenvalue weighted by molar-refractivity contribution is 0.265. The van der Waals surface area contributed by atoms with Crippen LogP contribution in [0.2, 0.25) is 0 Å². The normalized spacial score (nSPS) is 10.8. The van der Waals surface area contributed by atoms with E-state index >= 15 is 0 Å². The summed E-state index contributed by atoms with van der Waals surface area (Å²) in [5.74, 6) is 0.728. The molecule has 0 bridgehead atoms. The van der Waals surface area contributed by atoms with Crippen LogP contribution in [0.3, 0.4) is 0 Å². The minimum absolute atomic E-state index is 0.0515. The monoisotopic (exact) mass is 425 g/mol. The molecule has 0 saturated carbocycles. The van der Waals surface area contributed by atoms with Crippen molar-refractivity contribution in [2.45, 2.75) is 26.3 Å². The maximum Gasteiger partial charge on any atom is 0.253 e. The Kier molecular flexibility index (Phi) is 7.43. The number of H-pyrrole nitrogens is 1. The average Bonchev–Trinajstić information content (AvgIpc) is 2.76. The highest BCUT2D eigenvalue weighted by Gasteiger charge is 2.14. The molecule has 0 radical (unpaired) electrons. The molecule has 6 nitrogen and oxygen atoms in total. The zero-order valence-electron chi connectivity index (χ0n) is 17.3. The Morgan fingerprint density at radius 3 is 2.73 bits per heavy atom. The molecule has 0 unspecified atom stereocenters. The molecule has 0 atom stereocenters. The fraction of sp³-hybridized carbons (Fsp3) is 0.304. The smallest absolute Gasteiger partial charge is 0.253 e. The number of thiocarbonyl (C=S) groups is 1. The first-order valence-corrected chi connectivity index (χ1v) is 10.4. The number of nitrogens with one attached hydrogen (secondary N) is 2. The first-order chi connectivity index (χ1) is 14.5. The van der Waals surface area contributed by atoms with E-state index in [4.69, 9.17) is 17.0 Å². The Morgan fingerprint density at radius 2 is 2.00 bits per heavy atom. The highest BCUT2D eigenvalue weighted by atomic mass is 32.1. The maximum absolute atomic E-state index is 12.7. The number of hydrogen-bond acceptors (Lipinski definition) is 4. The molecule has 3 N–H and O–H groups in total. The number of hydrogen-bond donors (Lipinski definition) is 3. The van der Waals surface area contributed by atoms with Gasteiger partial charge >= 0.3 is 0 Å². The van der Waals surface area contributed by atoms with Gasteiger partial charge in [-0.25, -0.2) is 0 Å². The summed E-state index contributed by atoms with van der Waals surface area (Å²) in [6, 6.07) is 15.4. The van der Waals surface area contributed by atoms with Gasteiger partial charge in [-0.15, -0.1) is 0 Å². The van der Waals surface area contributed by atoms with Gasteiger partial charge < -0.3 is 25.0 Å². The number of aliphatic hydroxyl groups is 1. The molecule has 0 aliphatic heterocycles. The molecule has 1 heterocycles. The first-order valence-electron chi connectivity index (χ1n) is 10.00. The number of rotatable bonds is 8. The summed E-state index contributed by atoms with van der Waals surface area (Å²) in [6.45, 7) is 3.01. The Labute approximate surface area is 181 Å². The van der Waals surface area contributed by atoms with Crippen molar-refractivity contribution in [2.24, 2.45) is 0 Å². The summed E-state index contributed by atoms with van der Waals surface area (Å²) < 4.78 is 5.29. The van der Waals surface area contributed by atoms with Gasteiger partial charge in [0.2, 0.25) is 0 Å². The van der Waals surface area contributed by atoms with Crippen molar-refractivity contribution in [2.75, 3.05) is 25.6 Å². The van der Waals surface area contributed by atoms with Crippen molar-refractivity contribution in [3.05, 3.63) is 70.0 Å². The molecule has 7 heteroatoms. The van der Waals surface area contributed by atoms with Gasteiger partial charge in [0.15, 0.2) is 5.11 Å². The van der Waals surface area contributed by atoms with Gasteiger partial charge in [-0.2, -0.15) is 0 Å². The van der Waals surface area contributed by atoms with Crippen LogP contribution in [0, 0.1) is 0 Å². The van der Waals surface area contributed by atoms with Crippen LogP contribution in [0.4, 0.5) is 5.69 Å². The molecule has 3 aromatic rings. The predicted octanol–water partition coefficient (Wildman–Crippen LogP) is 3.68. The predicted molar refractivity (Wildman–Crippen MR) is 125 cm³/mol. The van der Waals surface area contributed by atoms with Crippen molar-refractivity contribution in [3.63, 3.8) is 0 Å². The van der Waals surface area contributed by atoms with E-state index in [0.717, 1.165) is 34.3 Å². The minimum Gasteiger partial charge on any atom is -0.497 e. The van der Waals surface area contributed by atoms with Gasteiger partial charge in [0.25, 0.3) is 5.56 Å². The molecule has 158 valence electrons. The van der Waals surface area contributed by atoms with E-state index in [0.29, 0.717) is 30.2 Å². The van der Waals surface area contributed by atoms with Gasteiger partial charge in [0.1, 0.15) is 5.75 Å². The second-order valence-electron chi connectivity index (χ2n) is 7.02. The molecule has 2 aromatic carbocycles. The highest BCUT2D eigenvalue weighted by Crippen LogP contribution is 2.20. The number of fused-ring (bicyclic) bond motifs is 1. The minimum atomic E-state index is -0.154. The molecule has 0 amide bonds. The lowest BCUT2D eigenvalue weighted by Crippen LogP contribution is -2.37. The number of benzene rings is 2. The lowest BCUT2D eigenvalue weighted by Gasteiger charge is -2.26. The molecular weight excluding hydrogens is 398 g/mol. The zero-order chi connectivity index (χ0) is 21.5.